The maximum atomic E-state index is 13.3. The Morgan fingerprint density at radius 2 is 1.81 bits per heavy atom. The van der Waals surface area contributed by atoms with Gasteiger partial charge in [-0.1, -0.05) is 6.07 Å². The Kier molecular flexibility index (Phi) is 4.91. The minimum absolute atomic E-state index is 0.0178. The molecule has 0 saturated heterocycles. The van der Waals surface area contributed by atoms with Crippen LogP contribution < -0.4 is 0 Å². The largest absolute Gasteiger partial charge is 0.478 e. The predicted molar refractivity (Wildman–Crippen MR) is 89.1 cm³/mol. The molecule has 1 aromatic heterocycles. The second-order valence-electron chi connectivity index (χ2n) is 6.03. The number of alkyl halides is 4. The summed E-state index contributed by atoms with van der Waals surface area (Å²) in [5.74, 6) is -2.14. The van der Waals surface area contributed by atoms with Crippen LogP contribution in [0.15, 0.2) is 42.5 Å². The fourth-order valence-corrected chi connectivity index (χ4v) is 3.12. The van der Waals surface area contributed by atoms with E-state index < -0.39 is 30.2 Å². The summed E-state index contributed by atoms with van der Waals surface area (Å²) in [7, 11) is 0. The molecule has 0 radical (unpaired) electrons. The fourth-order valence-electron chi connectivity index (χ4n) is 3.12. The van der Waals surface area contributed by atoms with Crippen molar-refractivity contribution in [1.29, 1.82) is 0 Å². The van der Waals surface area contributed by atoms with Crippen LogP contribution in [-0.2, 0) is 19.1 Å². The second kappa shape index (κ2) is 7.02. The molecular formula is C19H14F5NO2. The first-order valence-electron chi connectivity index (χ1n) is 7.97. The van der Waals surface area contributed by atoms with Crippen molar-refractivity contribution < 1.29 is 31.9 Å². The Morgan fingerprint density at radius 1 is 1.07 bits per heavy atom. The highest BCUT2D eigenvalue weighted by Gasteiger charge is 2.34. The summed E-state index contributed by atoms with van der Waals surface area (Å²) in [4.78, 5) is 11.1. The maximum absolute atomic E-state index is 13.3. The number of hydrogen-bond donors (Lipinski definition) is 1. The average molecular weight is 383 g/mol. The number of fused-ring (bicyclic) bond motifs is 1. The molecule has 0 fully saturated rings. The molecule has 27 heavy (non-hydrogen) atoms. The molecule has 1 heterocycles. The van der Waals surface area contributed by atoms with Gasteiger partial charge in [-0.25, -0.2) is 13.6 Å². The molecule has 0 aliphatic carbocycles. The Hall–Kier alpha value is -2.90. The molecule has 3 rings (SSSR count). The summed E-state index contributed by atoms with van der Waals surface area (Å²) in [6.07, 6.45) is -4.93. The second-order valence-corrected chi connectivity index (χ2v) is 6.03. The summed E-state index contributed by atoms with van der Waals surface area (Å²) in [6, 6.07) is 8.18. The quantitative estimate of drug-likeness (QED) is 0.626. The number of nitrogens with zero attached hydrogens (tertiary/aromatic N) is 1. The molecule has 1 N–H and O–H groups in total. The molecular weight excluding hydrogens is 369 g/mol. The van der Waals surface area contributed by atoms with E-state index >= 15 is 0 Å². The summed E-state index contributed by atoms with van der Waals surface area (Å²) >= 11 is 0. The van der Waals surface area contributed by atoms with Crippen LogP contribution in [0.3, 0.4) is 0 Å². The van der Waals surface area contributed by atoms with Crippen molar-refractivity contribution in [3.8, 4) is 0 Å². The van der Waals surface area contributed by atoms with Crippen LogP contribution in [0.4, 0.5) is 22.0 Å². The topological polar surface area (TPSA) is 42.2 Å². The van der Waals surface area contributed by atoms with Gasteiger partial charge in [-0.05, 0) is 42.0 Å². The van der Waals surface area contributed by atoms with Crippen molar-refractivity contribution in [2.75, 3.05) is 6.67 Å². The zero-order valence-electron chi connectivity index (χ0n) is 13.9. The van der Waals surface area contributed by atoms with Gasteiger partial charge in [0, 0.05) is 23.0 Å². The van der Waals surface area contributed by atoms with E-state index in [4.69, 9.17) is 5.11 Å². The number of rotatable bonds is 5. The van der Waals surface area contributed by atoms with Gasteiger partial charge < -0.3 is 9.67 Å². The smallest absolute Gasteiger partial charge is 0.416 e. The lowest BCUT2D eigenvalue weighted by Gasteiger charge is -2.14. The van der Waals surface area contributed by atoms with E-state index in [0.717, 1.165) is 12.1 Å². The molecule has 0 spiro atoms. The van der Waals surface area contributed by atoms with Crippen molar-refractivity contribution in [2.24, 2.45) is 0 Å². The lowest BCUT2D eigenvalue weighted by molar-refractivity contribution is -0.138. The summed E-state index contributed by atoms with van der Waals surface area (Å²) in [5, 5.41) is 9.56. The summed E-state index contributed by atoms with van der Waals surface area (Å²) < 4.78 is 67.5. The third-order valence-corrected chi connectivity index (χ3v) is 4.29. The van der Waals surface area contributed by atoms with E-state index in [9.17, 15) is 26.7 Å². The third kappa shape index (κ3) is 3.79. The third-order valence-electron chi connectivity index (χ3n) is 4.29. The van der Waals surface area contributed by atoms with Crippen LogP contribution in [0.5, 0.6) is 0 Å². The first-order valence-corrected chi connectivity index (χ1v) is 7.97. The Balaban J connectivity index is 2.12. The van der Waals surface area contributed by atoms with Crippen LogP contribution in [0.1, 0.15) is 27.2 Å². The van der Waals surface area contributed by atoms with E-state index in [-0.39, 0.29) is 24.1 Å². The van der Waals surface area contributed by atoms with Gasteiger partial charge in [0.2, 0.25) is 0 Å². The molecule has 142 valence electrons. The molecule has 2 aromatic carbocycles. The number of benzene rings is 2. The average Bonchev–Trinajstić information content (AvgIpc) is 2.92. The maximum Gasteiger partial charge on any atom is 0.416 e. The fraction of sp³-hybridized carbons (Fsp3) is 0.211. The molecule has 0 atom stereocenters. The first kappa shape index (κ1) is 18.9. The first-order chi connectivity index (χ1) is 12.7. The Morgan fingerprint density at radius 3 is 2.44 bits per heavy atom. The van der Waals surface area contributed by atoms with Gasteiger partial charge in [-0.3, -0.25) is 0 Å². The minimum atomic E-state index is -4.73. The van der Waals surface area contributed by atoms with Crippen LogP contribution >= 0.6 is 0 Å². The lowest BCUT2D eigenvalue weighted by Crippen LogP contribution is -2.12. The van der Waals surface area contributed by atoms with Gasteiger partial charge in [0.15, 0.2) is 0 Å². The molecule has 0 bridgehead atoms. The highest BCUT2D eigenvalue weighted by molar-refractivity contribution is 5.94. The van der Waals surface area contributed by atoms with Crippen LogP contribution in [0.2, 0.25) is 0 Å². The van der Waals surface area contributed by atoms with Crippen LogP contribution in [0.25, 0.3) is 10.9 Å². The SMILES string of the molecule is O=C(O)c1ccc2c(c1)cc(Cc1ccc(F)cc1C(F)(F)F)n2CCF. The Labute approximate surface area is 150 Å². The van der Waals surface area contributed by atoms with Crippen LogP contribution in [-0.4, -0.2) is 22.3 Å². The summed E-state index contributed by atoms with van der Waals surface area (Å²) in [5.41, 5.74) is -0.328. The van der Waals surface area contributed by atoms with Gasteiger partial charge in [0.1, 0.15) is 12.5 Å². The van der Waals surface area contributed by atoms with Gasteiger partial charge in [0.25, 0.3) is 0 Å². The number of aromatic nitrogens is 1. The number of aromatic carboxylic acids is 1. The monoisotopic (exact) mass is 383 g/mol. The van der Waals surface area contributed by atoms with Crippen LogP contribution in [0, 0.1) is 5.82 Å². The molecule has 0 unspecified atom stereocenters. The number of hydrogen-bond acceptors (Lipinski definition) is 1. The lowest BCUT2D eigenvalue weighted by atomic mass is 10.0. The van der Waals surface area contributed by atoms with Crippen molar-refractivity contribution in [3.05, 3.63) is 70.7 Å². The van der Waals surface area contributed by atoms with E-state index in [0.29, 0.717) is 22.7 Å². The zero-order chi connectivity index (χ0) is 19.8. The number of carbonyl (C=O) groups is 1. The standard InChI is InChI=1S/C19H14F5NO2/c20-5-6-25-15(9-13-7-12(18(26)27)2-4-17(13)25)8-11-1-3-14(21)10-16(11)19(22,23)24/h1-4,7,9-10H,5-6,8H2,(H,26,27). The van der Waals surface area contributed by atoms with Gasteiger partial charge in [0.05, 0.1) is 17.7 Å². The highest BCUT2D eigenvalue weighted by Crippen LogP contribution is 2.34. The van der Waals surface area contributed by atoms with Gasteiger partial charge >= 0.3 is 12.1 Å². The molecule has 0 aliphatic rings. The zero-order valence-corrected chi connectivity index (χ0v) is 13.9. The van der Waals surface area contributed by atoms with E-state index in [2.05, 4.69) is 0 Å². The van der Waals surface area contributed by atoms with Gasteiger partial charge in [-0.15, -0.1) is 0 Å². The predicted octanol–water partition coefficient (Wildman–Crippen LogP) is 5.06. The molecule has 3 nitrogen and oxygen atoms in total. The molecule has 8 heteroatoms. The van der Waals surface area contributed by atoms with E-state index in [1.165, 1.54) is 28.8 Å². The van der Waals surface area contributed by atoms with Crippen molar-refractivity contribution >= 4 is 16.9 Å². The van der Waals surface area contributed by atoms with Crippen molar-refractivity contribution in [1.82, 2.24) is 4.57 Å². The number of halogens is 5. The van der Waals surface area contributed by atoms with Crippen molar-refractivity contribution in [2.45, 2.75) is 19.1 Å². The van der Waals surface area contributed by atoms with Crippen molar-refractivity contribution in [3.63, 3.8) is 0 Å². The normalized spacial score (nSPS) is 11.9. The molecule has 3 aromatic rings. The van der Waals surface area contributed by atoms with Gasteiger partial charge in [-0.2, -0.15) is 13.2 Å². The molecule has 0 amide bonds. The number of aryl methyl sites for hydroxylation is 1. The van der Waals surface area contributed by atoms with E-state index in [1.807, 2.05) is 0 Å². The number of carboxylic acids is 1. The molecule has 0 saturated carbocycles. The number of carboxylic acid groups (broad SMARTS) is 1. The minimum Gasteiger partial charge on any atom is -0.478 e. The van der Waals surface area contributed by atoms with E-state index in [1.54, 1.807) is 0 Å². The summed E-state index contributed by atoms with van der Waals surface area (Å²) in [6.45, 7) is -0.833. The molecule has 0 aliphatic heterocycles. The Bertz CT molecular complexity index is 1010. The highest BCUT2D eigenvalue weighted by atomic mass is 19.4.